The van der Waals surface area contributed by atoms with Crippen molar-refractivity contribution in [2.24, 2.45) is 0 Å². The first kappa shape index (κ1) is 13.0. The molecule has 1 aliphatic carbocycles. The van der Waals surface area contributed by atoms with Crippen LogP contribution in [0.1, 0.15) is 26.2 Å². The second kappa shape index (κ2) is 4.36. The van der Waals surface area contributed by atoms with Crippen molar-refractivity contribution in [3.8, 4) is 0 Å². The molecule has 18 heavy (non-hydrogen) atoms. The van der Waals surface area contributed by atoms with Gasteiger partial charge in [0.25, 0.3) is 0 Å². The lowest BCUT2D eigenvalue weighted by atomic mass is 9.80. The predicted molar refractivity (Wildman–Crippen MR) is 62.4 cm³/mol. The average Bonchev–Trinajstić information content (AvgIpc) is 2.63. The third-order valence-corrected chi connectivity index (χ3v) is 4.65. The molecular weight excluding hydrogens is 258 g/mol. The average molecular weight is 273 g/mol. The van der Waals surface area contributed by atoms with Gasteiger partial charge in [-0.3, -0.25) is 9.48 Å². The normalized spacial score (nSPS) is 18.3. The van der Waals surface area contributed by atoms with E-state index in [1.165, 1.54) is 6.20 Å². The Kier molecular flexibility index (Phi) is 3.16. The molecule has 1 aliphatic rings. The monoisotopic (exact) mass is 273 g/mol. The molecule has 0 amide bonds. The Morgan fingerprint density at radius 2 is 2.28 bits per heavy atom. The van der Waals surface area contributed by atoms with Crippen LogP contribution in [0.5, 0.6) is 0 Å². The van der Waals surface area contributed by atoms with Gasteiger partial charge in [0.2, 0.25) is 10.0 Å². The zero-order valence-corrected chi connectivity index (χ0v) is 10.8. The predicted octanol–water partition coefficient (Wildman–Crippen LogP) is 0.189. The van der Waals surface area contributed by atoms with E-state index in [9.17, 15) is 13.2 Å². The van der Waals surface area contributed by atoms with Crippen LogP contribution >= 0.6 is 0 Å². The third-order valence-electron chi connectivity index (χ3n) is 3.05. The first-order chi connectivity index (χ1) is 8.31. The summed E-state index contributed by atoms with van der Waals surface area (Å²) in [6, 6.07) is 0. The highest BCUT2D eigenvalue weighted by atomic mass is 32.2. The van der Waals surface area contributed by atoms with Gasteiger partial charge in [-0.1, -0.05) is 0 Å². The van der Waals surface area contributed by atoms with Gasteiger partial charge < -0.3 is 5.11 Å². The molecule has 0 saturated heterocycles. The van der Waals surface area contributed by atoms with Gasteiger partial charge in [-0.2, -0.15) is 5.10 Å². The van der Waals surface area contributed by atoms with Crippen LogP contribution < -0.4 is 4.72 Å². The topological polar surface area (TPSA) is 101 Å². The van der Waals surface area contributed by atoms with E-state index >= 15 is 0 Å². The van der Waals surface area contributed by atoms with E-state index in [1.807, 2.05) is 6.92 Å². The molecule has 7 nitrogen and oxygen atoms in total. The van der Waals surface area contributed by atoms with Gasteiger partial charge >= 0.3 is 5.97 Å². The molecular formula is C10H15N3O4S. The van der Waals surface area contributed by atoms with Crippen LogP contribution in [0.25, 0.3) is 0 Å². The summed E-state index contributed by atoms with van der Waals surface area (Å²) in [4.78, 5) is 10.5. The van der Waals surface area contributed by atoms with E-state index in [1.54, 1.807) is 0 Å². The molecule has 1 fully saturated rings. The summed E-state index contributed by atoms with van der Waals surface area (Å²) in [7, 11) is -3.62. The summed E-state index contributed by atoms with van der Waals surface area (Å²) in [6.07, 6.45) is 5.02. The van der Waals surface area contributed by atoms with Gasteiger partial charge in [0.05, 0.1) is 6.20 Å². The fourth-order valence-corrected chi connectivity index (χ4v) is 3.32. The largest absolute Gasteiger partial charge is 0.480 e. The number of aliphatic carboxylic acids is 1. The lowest BCUT2D eigenvalue weighted by Gasteiger charge is -2.38. The van der Waals surface area contributed by atoms with Crippen LogP contribution in [0.2, 0.25) is 0 Å². The number of hydrogen-bond acceptors (Lipinski definition) is 4. The lowest BCUT2D eigenvalue weighted by molar-refractivity contribution is -0.137. The first-order valence-electron chi connectivity index (χ1n) is 5.59. The minimum absolute atomic E-state index is 0.00289. The molecule has 0 aromatic carbocycles. The summed E-state index contributed by atoms with van der Waals surface area (Å²) < 4.78 is 27.8. The quantitative estimate of drug-likeness (QED) is 0.797. The number of nitrogens with zero attached hydrogens (tertiary/aromatic N) is 2. The highest BCUT2D eigenvalue weighted by Gasteiger charge is 2.36. The van der Waals surface area contributed by atoms with Crippen molar-refractivity contribution in [2.75, 3.05) is 0 Å². The summed E-state index contributed by atoms with van der Waals surface area (Å²) in [6.45, 7) is 1.50. The summed E-state index contributed by atoms with van der Waals surface area (Å²) >= 11 is 0. The Labute approximate surface area is 105 Å². The Bertz CT molecular complexity index is 559. The number of carboxylic acids is 1. The number of carboxylic acid groups (broad SMARTS) is 1. The van der Waals surface area contributed by atoms with Crippen LogP contribution in [0.3, 0.4) is 0 Å². The van der Waals surface area contributed by atoms with E-state index in [4.69, 9.17) is 5.11 Å². The van der Waals surface area contributed by atoms with Crippen LogP contribution in [0, 0.1) is 0 Å². The van der Waals surface area contributed by atoms with Gasteiger partial charge in [0.1, 0.15) is 11.4 Å². The van der Waals surface area contributed by atoms with Crippen LogP contribution in [0.4, 0.5) is 0 Å². The van der Waals surface area contributed by atoms with Crippen molar-refractivity contribution in [2.45, 2.75) is 43.2 Å². The van der Waals surface area contributed by atoms with Gasteiger partial charge in [-0.05, 0) is 26.2 Å². The van der Waals surface area contributed by atoms with Crippen LogP contribution in [-0.2, 0) is 21.4 Å². The molecule has 2 rings (SSSR count). The van der Waals surface area contributed by atoms with E-state index in [-0.39, 0.29) is 17.0 Å². The van der Waals surface area contributed by atoms with Gasteiger partial charge in [0.15, 0.2) is 0 Å². The van der Waals surface area contributed by atoms with Gasteiger partial charge in [-0.25, -0.2) is 13.1 Å². The van der Waals surface area contributed by atoms with E-state index in [0.717, 1.165) is 30.1 Å². The number of hydrogen-bond donors (Lipinski definition) is 2. The molecule has 0 radical (unpaired) electrons. The number of aromatic nitrogens is 2. The molecule has 100 valence electrons. The zero-order valence-electron chi connectivity index (χ0n) is 9.96. The molecule has 0 atom stereocenters. The second-order valence-electron chi connectivity index (χ2n) is 4.79. The zero-order chi connectivity index (χ0) is 13.4. The maximum atomic E-state index is 12.0. The number of sulfonamides is 1. The molecule has 0 spiro atoms. The smallest absolute Gasteiger partial charge is 0.325 e. The highest BCUT2D eigenvalue weighted by molar-refractivity contribution is 7.89. The fraction of sp³-hybridized carbons (Fsp3) is 0.600. The van der Waals surface area contributed by atoms with Crippen LogP contribution in [0.15, 0.2) is 17.3 Å². The van der Waals surface area contributed by atoms with Crippen molar-refractivity contribution in [3.63, 3.8) is 0 Å². The lowest BCUT2D eigenvalue weighted by Crippen LogP contribution is -2.50. The van der Waals surface area contributed by atoms with Crippen molar-refractivity contribution < 1.29 is 18.3 Å². The fourth-order valence-electron chi connectivity index (χ4n) is 1.90. The Morgan fingerprint density at radius 3 is 2.78 bits per heavy atom. The summed E-state index contributed by atoms with van der Waals surface area (Å²) in [5.41, 5.74) is -0.381. The van der Waals surface area contributed by atoms with Crippen molar-refractivity contribution in [1.29, 1.82) is 0 Å². The molecule has 0 unspecified atom stereocenters. The summed E-state index contributed by atoms with van der Waals surface area (Å²) in [5.74, 6) is -1.07. The summed E-state index contributed by atoms with van der Waals surface area (Å²) in [5, 5.41) is 12.3. The Balaban J connectivity index is 2.14. The number of rotatable bonds is 5. The molecule has 1 aromatic rings. The second-order valence-corrected chi connectivity index (χ2v) is 6.47. The third kappa shape index (κ3) is 2.70. The maximum absolute atomic E-state index is 12.0. The molecule has 8 heteroatoms. The van der Waals surface area contributed by atoms with Crippen molar-refractivity contribution >= 4 is 16.0 Å². The molecule has 1 aromatic heterocycles. The standard InChI is InChI=1S/C10H15N3O4S/c1-10(3-2-4-10)12-18(16,17)8-5-11-13(6-8)7-9(14)15/h5-6,12H,2-4,7H2,1H3,(H,14,15). The maximum Gasteiger partial charge on any atom is 0.325 e. The van der Waals surface area contributed by atoms with E-state index in [2.05, 4.69) is 9.82 Å². The molecule has 2 N–H and O–H groups in total. The highest BCUT2D eigenvalue weighted by Crippen LogP contribution is 2.32. The van der Waals surface area contributed by atoms with Crippen molar-refractivity contribution in [3.05, 3.63) is 12.4 Å². The first-order valence-corrected chi connectivity index (χ1v) is 7.07. The minimum Gasteiger partial charge on any atom is -0.480 e. The van der Waals surface area contributed by atoms with Crippen molar-refractivity contribution in [1.82, 2.24) is 14.5 Å². The Morgan fingerprint density at radius 1 is 1.61 bits per heavy atom. The molecule has 0 bridgehead atoms. The number of nitrogens with one attached hydrogen (secondary N) is 1. The van der Waals surface area contributed by atoms with E-state index < -0.39 is 16.0 Å². The Hall–Kier alpha value is -1.41. The molecule has 0 aliphatic heterocycles. The minimum atomic E-state index is -3.62. The SMILES string of the molecule is CC1(NS(=O)(=O)c2cnn(CC(=O)O)c2)CCC1. The van der Waals surface area contributed by atoms with Crippen LogP contribution in [-0.4, -0.2) is 34.8 Å². The van der Waals surface area contributed by atoms with Gasteiger partial charge in [-0.15, -0.1) is 0 Å². The van der Waals surface area contributed by atoms with Gasteiger partial charge in [0, 0.05) is 11.7 Å². The molecule has 1 saturated carbocycles. The van der Waals surface area contributed by atoms with E-state index in [0.29, 0.717) is 0 Å². The molecule has 1 heterocycles. The number of carbonyl (C=O) groups is 1.